The van der Waals surface area contributed by atoms with E-state index in [1.807, 2.05) is 0 Å². The molecule has 122 valence electrons. The molecule has 0 saturated carbocycles. The van der Waals surface area contributed by atoms with Gasteiger partial charge in [0.1, 0.15) is 13.3 Å². The Morgan fingerprint density at radius 1 is 1.39 bits per heavy atom. The van der Waals surface area contributed by atoms with Crippen molar-refractivity contribution in [2.45, 2.75) is 27.1 Å². The van der Waals surface area contributed by atoms with Crippen molar-refractivity contribution in [3.05, 3.63) is 33.7 Å². The number of hydrogen-bond acceptors (Lipinski definition) is 5. The van der Waals surface area contributed by atoms with Gasteiger partial charge in [-0.2, -0.15) is 0 Å². The predicted octanol–water partition coefficient (Wildman–Crippen LogP) is 3.95. The van der Waals surface area contributed by atoms with E-state index in [9.17, 15) is 14.0 Å². The molecule has 5 nitrogen and oxygen atoms in total. The van der Waals surface area contributed by atoms with Crippen molar-refractivity contribution in [3.63, 3.8) is 0 Å². The summed E-state index contributed by atoms with van der Waals surface area (Å²) in [5.74, 6) is -0.684. The Balaban J connectivity index is 2.43. The van der Waals surface area contributed by atoms with E-state index in [1.165, 1.54) is 25.2 Å². The van der Waals surface area contributed by atoms with E-state index in [0.717, 1.165) is 0 Å². The van der Waals surface area contributed by atoms with Crippen LogP contribution in [0.25, 0.3) is 11.3 Å². The van der Waals surface area contributed by atoms with Gasteiger partial charge in [-0.25, -0.2) is 9.37 Å². The van der Waals surface area contributed by atoms with Crippen LogP contribution in [0.1, 0.15) is 24.3 Å². The molecule has 1 heterocycles. The zero-order valence-electron chi connectivity index (χ0n) is 12.5. The van der Waals surface area contributed by atoms with E-state index >= 15 is 0 Å². The number of esters is 1. The number of hydrogen-bond donors (Lipinski definition) is 1. The number of carbonyl (C=O) groups is 2. The van der Waals surface area contributed by atoms with E-state index in [0.29, 0.717) is 31.9 Å². The molecule has 0 radical (unpaired) electrons. The van der Waals surface area contributed by atoms with Gasteiger partial charge in [-0.05, 0) is 12.1 Å². The lowest BCUT2D eigenvalue weighted by molar-refractivity contribution is -0.142. The number of anilines is 1. The number of rotatable bonds is 5. The summed E-state index contributed by atoms with van der Waals surface area (Å²) in [6.07, 6.45) is 0. The van der Waals surface area contributed by atoms with Gasteiger partial charge < -0.3 is 10.1 Å². The minimum Gasteiger partial charge on any atom is -0.460 e. The van der Waals surface area contributed by atoms with Crippen molar-refractivity contribution < 1.29 is 18.7 Å². The average molecular weight is 357 g/mol. The molecule has 1 N–H and O–H groups in total. The van der Waals surface area contributed by atoms with Crippen LogP contribution in [0.4, 0.5) is 9.52 Å². The van der Waals surface area contributed by atoms with Gasteiger partial charge in [-0.1, -0.05) is 29.0 Å². The molecular weight excluding hydrogens is 343 g/mol. The van der Waals surface area contributed by atoms with Crippen LogP contribution in [0.3, 0.4) is 0 Å². The van der Waals surface area contributed by atoms with E-state index in [4.69, 9.17) is 16.3 Å². The van der Waals surface area contributed by atoms with Crippen molar-refractivity contribution in [3.8, 4) is 11.3 Å². The highest BCUT2D eigenvalue weighted by Crippen LogP contribution is 2.33. The summed E-state index contributed by atoms with van der Waals surface area (Å²) in [6, 6.07) is 4.87. The fourth-order valence-electron chi connectivity index (χ4n) is 1.87. The molecule has 0 aliphatic rings. The van der Waals surface area contributed by atoms with Crippen molar-refractivity contribution in [2.24, 2.45) is 0 Å². The summed E-state index contributed by atoms with van der Waals surface area (Å²) < 4.78 is 18.0. The number of ether oxygens (including phenoxy) is 1. The highest BCUT2D eigenvalue weighted by atomic mass is 35.5. The molecule has 23 heavy (non-hydrogen) atoms. The summed E-state index contributed by atoms with van der Waals surface area (Å²) in [5.41, 5.74) is 1.50. The maximum absolute atomic E-state index is 13.0. The number of nitrogens with zero attached hydrogens (tertiary/aromatic N) is 1. The summed E-state index contributed by atoms with van der Waals surface area (Å²) >= 11 is 7.11. The Hall–Kier alpha value is -1.99. The van der Waals surface area contributed by atoms with Crippen molar-refractivity contribution in [1.82, 2.24) is 4.98 Å². The van der Waals surface area contributed by atoms with Crippen molar-refractivity contribution in [2.75, 3.05) is 5.32 Å². The van der Waals surface area contributed by atoms with Crippen molar-refractivity contribution in [1.29, 1.82) is 0 Å². The lowest BCUT2D eigenvalue weighted by Crippen LogP contribution is -2.04. The molecule has 1 aromatic carbocycles. The monoisotopic (exact) mass is 356 g/mol. The lowest BCUT2D eigenvalue weighted by atomic mass is 10.1. The summed E-state index contributed by atoms with van der Waals surface area (Å²) in [5, 5.41) is 3.30. The maximum Gasteiger partial charge on any atom is 0.302 e. The van der Waals surface area contributed by atoms with Crippen LogP contribution in [0.2, 0.25) is 5.02 Å². The molecule has 0 fully saturated rings. The van der Waals surface area contributed by atoms with E-state index < -0.39 is 12.6 Å². The Bertz CT molecular complexity index is 748. The van der Waals surface area contributed by atoms with Gasteiger partial charge in [0.25, 0.3) is 0 Å². The molecular formula is C15H14ClFN2O3S. The van der Waals surface area contributed by atoms with Gasteiger partial charge in [0.2, 0.25) is 5.91 Å². The number of alkyl halides is 1. The third-order valence-electron chi connectivity index (χ3n) is 2.85. The van der Waals surface area contributed by atoms with Crippen LogP contribution in [0.5, 0.6) is 0 Å². The van der Waals surface area contributed by atoms with E-state index in [-0.39, 0.29) is 12.5 Å². The summed E-state index contributed by atoms with van der Waals surface area (Å²) in [4.78, 5) is 27.2. The summed E-state index contributed by atoms with van der Waals surface area (Å²) in [6.45, 7) is 2.00. The number of aromatic nitrogens is 1. The largest absolute Gasteiger partial charge is 0.460 e. The smallest absolute Gasteiger partial charge is 0.302 e. The van der Waals surface area contributed by atoms with Gasteiger partial charge in [0.15, 0.2) is 5.13 Å². The van der Waals surface area contributed by atoms with Gasteiger partial charge in [-0.15, -0.1) is 0 Å². The fourth-order valence-corrected chi connectivity index (χ4v) is 2.98. The number of halogens is 2. The van der Waals surface area contributed by atoms with Crippen LogP contribution in [0.15, 0.2) is 18.2 Å². The SMILES string of the molecule is CC(=O)Nc1nc(-c2ccc(Cl)c(CF)c2)c(COC(C)=O)s1. The topological polar surface area (TPSA) is 68.3 Å². The van der Waals surface area contributed by atoms with E-state index in [1.54, 1.807) is 18.2 Å². The Morgan fingerprint density at radius 3 is 2.74 bits per heavy atom. The van der Waals surface area contributed by atoms with Crippen LogP contribution in [-0.4, -0.2) is 16.9 Å². The number of amides is 1. The first-order valence-corrected chi connectivity index (χ1v) is 7.85. The Morgan fingerprint density at radius 2 is 2.13 bits per heavy atom. The van der Waals surface area contributed by atoms with Crippen LogP contribution < -0.4 is 5.32 Å². The first-order chi connectivity index (χ1) is 10.9. The molecule has 2 aromatic rings. The fraction of sp³-hybridized carbons (Fsp3) is 0.267. The number of carbonyl (C=O) groups excluding carboxylic acids is 2. The number of thiazole rings is 1. The summed E-state index contributed by atoms with van der Waals surface area (Å²) in [7, 11) is 0. The second-order valence-corrected chi connectivity index (χ2v) is 6.18. The first-order valence-electron chi connectivity index (χ1n) is 6.66. The second kappa shape index (κ2) is 7.52. The molecule has 0 bridgehead atoms. The molecule has 2 rings (SSSR count). The first kappa shape index (κ1) is 17.4. The average Bonchev–Trinajstić information content (AvgIpc) is 2.87. The highest BCUT2D eigenvalue weighted by Gasteiger charge is 2.16. The second-order valence-electron chi connectivity index (χ2n) is 4.69. The molecule has 0 spiro atoms. The minimum atomic E-state index is -0.700. The zero-order chi connectivity index (χ0) is 17.0. The third-order valence-corrected chi connectivity index (χ3v) is 4.16. The normalized spacial score (nSPS) is 10.4. The lowest BCUT2D eigenvalue weighted by Gasteiger charge is -2.05. The quantitative estimate of drug-likeness (QED) is 0.823. The molecule has 0 saturated heterocycles. The maximum atomic E-state index is 13.0. The zero-order valence-corrected chi connectivity index (χ0v) is 14.1. The predicted molar refractivity (Wildman–Crippen MR) is 87.1 cm³/mol. The van der Waals surface area contributed by atoms with Crippen LogP contribution in [-0.2, 0) is 27.6 Å². The molecule has 1 aromatic heterocycles. The van der Waals surface area contributed by atoms with Gasteiger partial charge >= 0.3 is 5.97 Å². The molecule has 8 heteroatoms. The van der Waals surface area contributed by atoms with E-state index in [2.05, 4.69) is 10.3 Å². The van der Waals surface area contributed by atoms with Crippen LogP contribution >= 0.6 is 22.9 Å². The Labute approximate surface area is 141 Å². The highest BCUT2D eigenvalue weighted by molar-refractivity contribution is 7.16. The standard InChI is InChI=1S/C15H14ClFN2O3S/c1-8(20)18-15-19-14(13(23-15)7-22-9(2)21)10-3-4-12(16)11(5-10)6-17/h3-5H,6-7H2,1-2H3,(H,18,19,20). The van der Waals surface area contributed by atoms with Gasteiger partial charge in [-0.3, -0.25) is 9.59 Å². The molecule has 0 unspecified atom stereocenters. The number of benzene rings is 1. The molecule has 0 aliphatic carbocycles. The molecule has 1 amide bonds. The van der Waals surface area contributed by atoms with Gasteiger partial charge in [0.05, 0.1) is 10.6 Å². The molecule has 0 atom stereocenters. The van der Waals surface area contributed by atoms with Crippen molar-refractivity contribution >= 4 is 39.9 Å². The molecule has 0 aliphatic heterocycles. The minimum absolute atomic E-state index is 0.0233. The Kier molecular flexibility index (Phi) is 5.68. The van der Waals surface area contributed by atoms with Crippen LogP contribution in [0, 0.1) is 0 Å². The third kappa shape index (κ3) is 4.49. The number of nitrogens with one attached hydrogen (secondary N) is 1. The van der Waals surface area contributed by atoms with Gasteiger partial charge in [0, 0.05) is 30.0 Å².